The SMILES string of the molecule is CCc1cc(C(=O)N2CCO[C@@H](c3nnc(C(C)C)o3)C2)oc1CC. The maximum absolute atomic E-state index is 12.8. The Hall–Kier alpha value is -2.15. The van der Waals surface area contributed by atoms with E-state index in [2.05, 4.69) is 17.1 Å². The highest BCUT2D eigenvalue weighted by Gasteiger charge is 2.31. The van der Waals surface area contributed by atoms with Gasteiger partial charge in [-0.25, -0.2) is 0 Å². The number of hydrogen-bond acceptors (Lipinski definition) is 6. The quantitative estimate of drug-likeness (QED) is 0.826. The van der Waals surface area contributed by atoms with Crippen LogP contribution in [0.5, 0.6) is 0 Å². The third-order valence-corrected chi connectivity index (χ3v) is 4.39. The van der Waals surface area contributed by atoms with Crippen molar-refractivity contribution in [1.82, 2.24) is 15.1 Å². The molecule has 2 aromatic rings. The van der Waals surface area contributed by atoms with E-state index in [1.807, 2.05) is 26.8 Å². The van der Waals surface area contributed by atoms with Gasteiger partial charge in [0.1, 0.15) is 5.76 Å². The first-order chi connectivity index (χ1) is 12.0. The molecule has 0 aromatic carbocycles. The number of morpholine rings is 1. The molecule has 0 aliphatic carbocycles. The second kappa shape index (κ2) is 7.39. The predicted octanol–water partition coefficient (Wildman–Crippen LogP) is 3.12. The van der Waals surface area contributed by atoms with E-state index >= 15 is 0 Å². The van der Waals surface area contributed by atoms with Gasteiger partial charge in [0.05, 0.1) is 13.2 Å². The molecule has 2 aromatic heterocycles. The van der Waals surface area contributed by atoms with Gasteiger partial charge in [0.2, 0.25) is 11.8 Å². The van der Waals surface area contributed by atoms with Crippen molar-refractivity contribution >= 4 is 5.91 Å². The Balaban J connectivity index is 1.74. The molecule has 1 atom stereocenters. The fourth-order valence-electron chi connectivity index (χ4n) is 2.92. The number of ether oxygens (including phenoxy) is 1. The number of hydrogen-bond donors (Lipinski definition) is 0. The molecule has 0 bridgehead atoms. The summed E-state index contributed by atoms with van der Waals surface area (Å²) in [6.07, 6.45) is 1.23. The lowest BCUT2D eigenvalue weighted by Crippen LogP contribution is -2.42. The van der Waals surface area contributed by atoms with Crippen LogP contribution >= 0.6 is 0 Å². The molecule has 136 valence electrons. The standard InChI is InChI=1S/C18H25N3O4/c1-5-12-9-14(24-13(12)6-2)18(22)21-7-8-23-15(10-21)17-20-19-16(25-17)11(3)4/h9,11,15H,5-8,10H2,1-4H3/t15-/m1/s1. The van der Waals surface area contributed by atoms with Gasteiger partial charge >= 0.3 is 0 Å². The van der Waals surface area contributed by atoms with Crippen LogP contribution in [0, 0.1) is 0 Å². The van der Waals surface area contributed by atoms with Gasteiger partial charge in [-0.05, 0) is 18.1 Å². The normalized spacial score (nSPS) is 18.1. The zero-order valence-electron chi connectivity index (χ0n) is 15.2. The van der Waals surface area contributed by atoms with Gasteiger partial charge in [0, 0.05) is 18.9 Å². The first-order valence-electron chi connectivity index (χ1n) is 8.89. The van der Waals surface area contributed by atoms with Crippen LogP contribution in [0.25, 0.3) is 0 Å². The minimum atomic E-state index is -0.399. The molecule has 0 radical (unpaired) electrons. The molecular weight excluding hydrogens is 322 g/mol. The highest BCUT2D eigenvalue weighted by molar-refractivity contribution is 5.92. The van der Waals surface area contributed by atoms with Crippen molar-refractivity contribution in [2.75, 3.05) is 19.7 Å². The first kappa shape index (κ1) is 17.7. The number of aromatic nitrogens is 2. The average molecular weight is 347 g/mol. The molecule has 0 saturated carbocycles. The smallest absolute Gasteiger partial charge is 0.289 e. The predicted molar refractivity (Wildman–Crippen MR) is 90.4 cm³/mol. The van der Waals surface area contributed by atoms with Crippen molar-refractivity contribution in [3.05, 3.63) is 34.9 Å². The Bertz CT molecular complexity index is 713. The Morgan fingerprint density at radius 3 is 2.68 bits per heavy atom. The van der Waals surface area contributed by atoms with Gasteiger partial charge in [0.15, 0.2) is 11.9 Å². The summed E-state index contributed by atoms with van der Waals surface area (Å²) in [6, 6.07) is 1.86. The molecule has 1 amide bonds. The van der Waals surface area contributed by atoms with E-state index in [-0.39, 0.29) is 11.8 Å². The fourth-order valence-corrected chi connectivity index (χ4v) is 2.92. The Morgan fingerprint density at radius 1 is 1.28 bits per heavy atom. The van der Waals surface area contributed by atoms with Gasteiger partial charge < -0.3 is 18.5 Å². The number of carbonyl (C=O) groups is 1. The summed E-state index contributed by atoms with van der Waals surface area (Å²) in [6.45, 7) is 9.39. The number of furan rings is 1. The third-order valence-electron chi connectivity index (χ3n) is 4.39. The second-order valence-corrected chi connectivity index (χ2v) is 6.51. The van der Waals surface area contributed by atoms with Gasteiger partial charge in [0.25, 0.3) is 5.91 Å². The highest BCUT2D eigenvalue weighted by atomic mass is 16.5. The maximum Gasteiger partial charge on any atom is 0.289 e. The number of rotatable bonds is 5. The minimum absolute atomic E-state index is 0.119. The summed E-state index contributed by atoms with van der Waals surface area (Å²) < 4.78 is 17.2. The molecule has 3 heterocycles. The number of aryl methyl sites for hydroxylation is 2. The summed E-state index contributed by atoms with van der Waals surface area (Å²) >= 11 is 0. The third kappa shape index (κ3) is 3.61. The maximum atomic E-state index is 12.8. The van der Waals surface area contributed by atoms with Crippen LogP contribution in [0.1, 0.15) is 73.4 Å². The summed E-state index contributed by atoms with van der Waals surface area (Å²) in [5.74, 6) is 2.31. The topological polar surface area (TPSA) is 81.6 Å². The van der Waals surface area contributed by atoms with Crippen molar-refractivity contribution in [2.24, 2.45) is 0 Å². The van der Waals surface area contributed by atoms with E-state index in [1.54, 1.807) is 4.90 Å². The van der Waals surface area contributed by atoms with Gasteiger partial charge in [-0.15, -0.1) is 10.2 Å². The van der Waals surface area contributed by atoms with Crippen molar-refractivity contribution in [3.8, 4) is 0 Å². The summed E-state index contributed by atoms with van der Waals surface area (Å²) in [5, 5.41) is 8.11. The summed E-state index contributed by atoms with van der Waals surface area (Å²) in [4.78, 5) is 14.5. The molecule has 0 N–H and O–H groups in total. The minimum Gasteiger partial charge on any atom is -0.456 e. The van der Waals surface area contributed by atoms with Gasteiger partial charge in [-0.2, -0.15) is 0 Å². The molecule has 0 spiro atoms. The van der Waals surface area contributed by atoms with Gasteiger partial charge in [-0.1, -0.05) is 27.7 Å². The van der Waals surface area contributed by atoms with Crippen LogP contribution in [0.2, 0.25) is 0 Å². The lowest BCUT2D eigenvalue weighted by molar-refractivity contribution is -0.0359. The van der Waals surface area contributed by atoms with Crippen molar-refractivity contribution in [2.45, 2.75) is 52.6 Å². The van der Waals surface area contributed by atoms with E-state index in [1.165, 1.54) is 0 Å². The molecule has 0 unspecified atom stereocenters. The second-order valence-electron chi connectivity index (χ2n) is 6.51. The molecule has 1 fully saturated rings. The molecule has 1 aliphatic rings. The Kier molecular flexibility index (Phi) is 5.22. The summed E-state index contributed by atoms with van der Waals surface area (Å²) in [5.41, 5.74) is 1.09. The highest BCUT2D eigenvalue weighted by Crippen LogP contribution is 2.25. The monoisotopic (exact) mass is 347 g/mol. The molecule has 7 nitrogen and oxygen atoms in total. The van der Waals surface area contributed by atoms with E-state index < -0.39 is 6.10 Å². The molecule has 1 aliphatic heterocycles. The first-order valence-corrected chi connectivity index (χ1v) is 8.89. The zero-order chi connectivity index (χ0) is 18.0. The van der Waals surface area contributed by atoms with E-state index in [9.17, 15) is 4.79 Å². The molecular formula is C18H25N3O4. The zero-order valence-corrected chi connectivity index (χ0v) is 15.2. The van der Waals surface area contributed by atoms with Crippen LogP contribution < -0.4 is 0 Å². The van der Waals surface area contributed by atoms with Crippen LogP contribution in [-0.2, 0) is 17.6 Å². The largest absolute Gasteiger partial charge is 0.456 e. The fraction of sp³-hybridized carbons (Fsp3) is 0.611. The molecule has 7 heteroatoms. The van der Waals surface area contributed by atoms with E-state index in [0.717, 1.165) is 24.2 Å². The van der Waals surface area contributed by atoms with Crippen LogP contribution in [0.3, 0.4) is 0 Å². The van der Waals surface area contributed by atoms with Crippen molar-refractivity contribution < 1.29 is 18.4 Å². The molecule has 1 saturated heterocycles. The molecule has 25 heavy (non-hydrogen) atoms. The number of carbonyl (C=O) groups excluding carboxylic acids is 1. The lowest BCUT2D eigenvalue weighted by Gasteiger charge is -2.30. The van der Waals surface area contributed by atoms with Crippen molar-refractivity contribution in [3.63, 3.8) is 0 Å². The molecule has 3 rings (SSSR count). The lowest BCUT2D eigenvalue weighted by atomic mass is 10.1. The number of nitrogens with zero attached hydrogens (tertiary/aromatic N) is 3. The average Bonchev–Trinajstić information content (AvgIpc) is 3.28. The van der Waals surface area contributed by atoms with Gasteiger partial charge in [-0.3, -0.25) is 4.79 Å². The van der Waals surface area contributed by atoms with Crippen LogP contribution in [0.4, 0.5) is 0 Å². The van der Waals surface area contributed by atoms with E-state index in [4.69, 9.17) is 13.6 Å². The Morgan fingerprint density at radius 2 is 2.08 bits per heavy atom. The van der Waals surface area contributed by atoms with Crippen LogP contribution in [0.15, 0.2) is 14.9 Å². The van der Waals surface area contributed by atoms with E-state index in [0.29, 0.717) is 37.2 Å². The van der Waals surface area contributed by atoms with Crippen molar-refractivity contribution in [1.29, 1.82) is 0 Å². The Labute approximate surface area is 147 Å². The summed E-state index contributed by atoms with van der Waals surface area (Å²) in [7, 11) is 0. The van der Waals surface area contributed by atoms with Crippen LogP contribution in [-0.4, -0.2) is 40.7 Å². The number of amides is 1.